The van der Waals surface area contributed by atoms with Crippen molar-refractivity contribution in [3.8, 4) is 11.6 Å². The van der Waals surface area contributed by atoms with E-state index in [9.17, 15) is 10.2 Å². The summed E-state index contributed by atoms with van der Waals surface area (Å²) in [5, 5.41) is 20.3. The molecule has 0 atom stereocenters. The monoisotopic (exact) mass is 255 g/mol. The molecule has 0 aliphatic heterocycles. The van der Waals surface area contributed by atoms with Crippen LogP contribution < -0.4 is 4.84 Å². The number of hydrogen-bond donors (Lipinski definition) is 2. The van der Waals surface area contributed by atoms with Gasteiger partial charge in [-0.25, -0.2) is 0 Å². The zero-order chi connectivity index (χ0) is 13.2. The van der Waals surface area contributed by atoms with Crippen molar-refractivity contribution in [2.45, 2.75) is 6.61 Å². The van der Waals surface area contributed by atoms with Crippen LogP contribution in [0.1, 0.15) is 5.56 Å². The normalized spacial score (nSPS) is 10.7. The summed E-state index contributed by atoms with van der Waals surface area (Å²) >= 11 is 0. The molecule has 4 heteroatoms. The number of aromatic nitrogens is 1. The van der Waals surface area contributed by atoms with E-state index >= 15 is 0 Å². The van der Waals surface area contributed by atoms with Gasteiger partial charge in [-0.05, 0) is 17.7 Å². The smallest absolute Gasteiger partial charge is 0.269 e. The molecular formula is C15H13NO3. The molecular weight excluding hydrogens is 242 g/mol. The molecule has 96 valence electrons. The number of rotatable bonds is 3. The standard InChI is InChI=1S/C15H13NO3/c17-14-12-8-4-5-9-13(12)16(15(14)18)19-10-11-6-2-1-3-7-11/h1-9,17-18H,10H2. The van der Waals surface area contributed by atoms with E-state index < -0.39 is 0 Å². The van der Waals surface area contributed by atoms with E-state index in [1.807, 2.05) is 36.4 Å². The Balaban J connectivity index is 1.95. The Hall–Kier alpha value is -2.62. The molecule has 19 heavy (non-hydrogen) atoms. The van der Waals surface area contributed by atoms with E-state index in [1.54, 1.807) is 18.2 Å². The van der Waals surface area contributed by atoms with Crippen LogP contribution in [-0.4, -0.2) is 14.9 Å². The third kappa shape index (κ3) is 1.97. The molecule has 0 spiro atoms. The van der Waals surface area contributed by atoms with Gasteiger partial charge in [-0.1, -0.05) is 42.5 Å². The van der Waals surface area contributed by atoms with Crippen LogP contribution in [0.2, 0.25) is 0 Å². The van der Waals surface area contributed by atoms with Crippen LogP contribution in [0, 0.1) is 0 Å². The molecule has 4 nitrogen and oxygen atoms in total. The number of para-hydroxylation sites is 1. The predicted molar refractivity (Wildman–Crippen MR) is 72.0 cm³/mol. The molecule has 0 unspecified atom stereocenters. The quantitative estimate of drug-likeness (QED) is 0.756. The summed E-state index contributed by atoms with van der Waals surface area (Å²) in [6.07, 6.45) is 0. The lowest BCUT2D eigenvalue weighted by Gasteiger charge is -2.08. The third-order valence-electron chi connectivity index (χ3n) is 2.99. The van der Waals surface area contributed by atoms with Gasteiger partial charge in [0, 0.05) is 5.39 Å². The lowest BCUT2D eigenvalue weighted by Crippen LogP contribution is -2.10. The van der Waals surface area contributed by atoms with E-state index in [1.165, 1.54) is 4.73 Å². The fourth-order valence-electron chi connectivity index (χ4n) is 2.03. The summed E-state index contributed by atoms with van der Waals surface area (Å²) in [6.45, 7) is 0.312. The zero-order valence-corrected chi connectivity index (χ0v) is 10.2. The van der Waals surface area contributed by atoms with Crippen LogP contribution in [0.3, 0.4) is 0 Å². The Morgan fingerprint density at radius 3 is 2.37 bits per heavy atom. The van der Waals surface area contributed by atoms with Gasteiger partial charge >= 0.3 is 0 Å². The first-order chi connectivity index (χ1) is 9.27. The molecule has 0 aliphatic rings. The summed E-state index contributed by atoms with van der Waals surface area (Å²) in [5.74, 6) is -0.444. The maximum atomic E-state index is 9.89. The molecule has 1 heterocycles. The largest absolute Gasteiger partial charge is 0.503 e. The van der Waals surface area contributed by atoms with Crippen molar-refractivity contribution in [3.05, 3.63) is 60.2 Å². The molecule has 0 saturated heterocycles. The highest BCUT2D eigenvalue weighted by Gasteiger charge is 2.16. The lowest BCUT2D eigenvalue weighted by molar-refractivity contribution is 0.0875. The molecule has 0 radical (unpaired) electrons. The fraction of sp³-hybridized carbons (Fsp3) is 0.0667. The van der Waals surface area contributed by atoms with Crippen LogP contribution in [0.25, 0.3) is 10.9 Å². The number of hydrogen-bond acceptors (Lipinski definition) is 3. The molecule has 0 aliphatic carbocycles. The first kappa shape index (κ1) is 11.5. The molecule has 1 aromatic heterocycles. The molecule has 0 fully saturated rings. The van der Waals surface area contributed by atoms with Crippen LogP contribution in [-0.2, 0) is 6.61 Å². The maximum absolute atomic E-state index is 9.89. The van der Waals surface area contributed by atoms with Gasteiger partial charge in [0.2, 0.25) is 0 Å². The Morgan fingerprint density at radius 1 is 0.895 bits per heavy atom. The van der Waals surface area contributed by atoms with E-state index in [0.29, 0.717) is 17.5 Å². The summed E-state index contributed by atoms with van der Waals surface area (Å²) in [6, 6.07) is 16.8. The van der Waals surface area contributed by atoms with E-state index in [2.05, 4.69) is 0 Å². The predicted octanol–water partition coefficient (Wildman–Crippen LogP) is 2.68. The van der Waals surface area contributed by atoms with Crippen molar-refractivity contribution < 1.29 is 15.1 Å². The third-order valence-corrected chi connectivity index (χ3v) is 2.99. The second-order valence-corrected chi connectivity index (χ2v) is 4.24. The van der Waals surface area contributed by atoms with Gasteiger partial charge < -0.3 is 15.1 Å². The van der Waals surface area contributed by atoms with Crippen molar-refractivity contribution in [1.82, 2.24) is 4.73 Å². The first-order valence-electron chi connectivity index (χ1n) is 5.96. The van der Waals surface area contributed by atoms with Crippen molar-refractivity contribution in [2.24, 2.45) is 0 Å². The van der Waals surface area contributed by atoms with Gasteiger partial charge in [-0.3, -0.25) is 0 Å². The lowest BCUT2D eigenvalue weighted by atomic mass is 10.2. The fourth-order valence-corrected chi connectivity index (χ4v) is 2.03. The van der Waals surface area contributed by atoms with Gasteiger partial charge in [0.25, 0.3) is 5.88 Å². The van der Waals surface area contributed by atoms with Gasteiger partial charge in [0.15, 0.2) is 5.75 Å². The number of nitrogens with zero attached hydrogens (tertiary/aromatic N) is 1. The minimum Gasteiger partial charge on any atom is -0.503 e. The molecule has 3 rings (SSSR count). The molecule has 0 amide bonds. The average molecular weight is 255 g/mol. The Morgan fingerprint density at radius 2 is 1.58 bits per heavy atom. The minimum absolute atomic E-state index is 0.163. The summed E-state index contributed by atoms with van der Waals surface area (Å²) < 4.78 is 1.25. The van der Waals surface area contributed by atoms with Gasteiger partial charge in [-0.2, -0.15) is 0 Å². The zero-order valence-electron chi connectivity index (χ0n) is 10.2. The molecule has 2 aromatic carbocycles. The van der Waals surface area contributed by atoms with E-state index in [-0.39, 0.29) is 11.6 Å². The topological polar surface area (TPSA) is 54.6 Å². The van der Waals surface area contributed by atoms with Crippen molar-refractivity contribution in [1.29, 1.82) is 0 Å². The molecule has 0 bridgehead atoms. The second-order valence-electron chi connectivity index (χ2n) is 4.24. The summed E-state index contributed by atoms with van der Waals surface area (Å²) in [7, 11) is 0. The SMILES string of the molecule is Oc1c(O)n(OCc2ccccc2)c2ccccc12. The minimum atomic E-state index is -0.280. The summed E-state index contributed by atoms with van der Waals surface area (Å²) in [4.78, 5) is 5.56. The Kier molecular flexibility index (Phi) is 2.76. The highest BCUT2D eigenvalue weighted by Crippen LogP contribution is 2.36. The number of benzene rings is 2. The molecule has 3 aromatic rings. The average Bonchev–Trinajstić information content (AvgIpc) is 2.71. The number of aromatic hydroxyl groups is 2. The van der Waals surface area contributed by atoms with Gasteiger partial charge in [0.1, 0.15) is 6.61 Å². The second kappa shape index (κ2) is 4.57. The first-order valence-corrected chi connectivity index (χ1v) is 5.96. The van der Waals surface area contributed by atoms with E-state index in [4.69, 9.17) is 4.84 Å². The van der Waals surface area contributed by atoms with Crippen LogP contribution >= 0.6 is 0 Å². The van der Waals surface area contributed by atoms with Crippen molar-refractivity contribution in [3.63, 3.8) is 0 Å². The summed E-state index contributed by atoms with van der Waals surface area (Å²) in [5.41, 5.74) is 1.62. The van der Waals surface area contributed by atoms with Crippen LogP contribution in [0.15, 0.2) is 54.6 Å². The molecule has 2 N–H and O–H groups in total. The Bertz CT molecular complexity index is 704. The molecule has 0 saturated carbocycles. The van der Waals surface area contributed by atoms with E-state index in [0.717, 1.165) is 5.56 Å². The maximum Gasteiger partial charge on any atom is 0.269 e. The van der Waals surface area contributed by atoms with Crippen molar-refractivity contribution in [2.75, 3.05) is 0 Å². The van der Waals surface area contributed by atoms with Crippen molar-refractivity contribution >= 4 is 10.9 Å². The number of fused-ring (bicyclic) bond motifs is 1. The Labute approximate surface area is 110 Å². The highest BCUT2D eigenvalue weighted by atomic mass is 16.7. The van der Waals surface area contributed by atoms with Crippen LogP contribution in [0.5, 0.6) is 11.6 Å². The van der Waals surface area contributed by atoms with Gasteiger partial charge in [-0.15, -0.1) is 4.73 Å². The highest BCUT2D eigenvalue weighted by molar-refractivity contribution is 5.89. The van der Waals surface area contributed by atoms with Crippen LogP contribution in [0.4, 0.5) is 0 Å². The van der Waals surface area contributed by atoms with Gasteiger partial charge in [0.05, 0.1) is 5.52 Å².